The van der Waals surface area contributed by atoms with Crippen LogP contribution in [0.4, 0.5) is 11.4 Å². The lowest BCUT2D eigenvalue weighted by molar-refractivity contribution is -0.138. The van der Waals surface area contributed by atoms with E-state index in [4.69, 9.17) is 33.3 Å². The van der Waals surface area contributed by atoms with Gasteiger partial charge < -0.3 is 29.7 Å². The Morgan fingerprint density at radius 2 is 1.80 bits per heavy atom. The Kier molecular flexibility index (Phi) is 8.73. The Hall–Kier alpha value is -2.52. The van der Waals surface area contributed by atoms with Gasteiger partial charge in [-0.15, -0.1) is 0 Å². The molecule has 0 aromatic heterocycles. The number of hydrogen-bond acceptors (Lipinski definition) is 7. The molecule has 0 unspecified atom stereocenters. The molecule has 2 N–H and O–H groups in total. The number of piperazine rings is 1. The van der Waals surface area contributed by atoms with Crippen LogP contribution in [0.15, 0.2) is 29.7 Å². The Balaban J connectivity index is 2.21. The van der Waals surface area contributed by atoms with Crippen molar-refractivity contribution >= 4 is 52.1 Å². The zero-order valence-corrected chi connectivity index (χ0v) is 18.8. The van der Waals surface area contributed by atoms with Gasteiger partial charge in [0.2, 0.25) is 5.91 Å². The van der Waals surface area contributed by atoms with Crippen molar-refractivity contribution in [1.82, 2.24) is 4.90 Å². The number of hydrogen-bond donors (Lipinski definition) is 2. The fourth-order valence-electron chi connectivity index (χ4n) is 2.98. The second-order valence-corrected chi connectivity index (χ2v) is 7.26. The SMILES string of the molecule is CCOC(=O)/C(C(=S)Nc1ccc(Cl)c(N2CCN(C(C)=O)CC2)c1)=C(/O)OCC. The lowest BCUT2D eigenvalue weighted by atomic mass is 10.2. The van der Waals surface area contributed by atoms with Crippen LogP contribution >= 0.6 is 23.8 Å². The Labute approximate surface area is 186 Å². The summed E-state index contributed by atoms with van der Waals surface area (Å²) in [6, 6.07) is 5.23. The lowest BCUT2D eigenvalue weighted by Gasteiger charge is -2.36. The first-order chi connectivity index (χ1) is 14.3. The Bertz CT molecular complexity index is 838. The molecule has 1 amide bonds. The average molecular weight is 456 g/mol. The molecule has 0 aliphatic carbocycles. The van der Waals surface area contributed by atoms with E-state index in [1.165, 1.54) is 0 Å². The van der Waals surface area contributed by atoms with Crippen LogP contribution < -0.4 is 10.2 Å². The van der Waals surface area contributed by atoms with Crippen molar-refractivity contribution in [2.24, 2.45) is 0 Å². The molecule has 2 rings (SSSR count). The molecule has 0 atom stereocenters. The van der Waals surface area contributed by atoms with Gasteiger partial charge >= 0.3 is 5.97 Å². The number of esters is 1. The maximum Gasteiger partial charge on any atom is 0.348 e. The van der Waals surface area contributed by atoms with E-state index in [9.17, 15) is 14.7 Å². The summed E-state index contributed by atoms with van der Waals surface area (Å²) >= 11 is 11.7. The summed E-state index contributed by atoms with van der Waals surface area (Å²) in [5.41, 5.74) is 1.11. The maximum atomic E-state index is 12.2. The minimum Gasteiger partial charge on any atom is -0.480 e. The zero-order chi connectivity index (χ0) is 22.3. The number of amides is 1. The third kappa shape index (κ3) is 5.99. The molecule has 1 fully saturated rings. The van der Waals surface area contributed by atoms with Gasteiger partial charge in [0.15, 0.2) is 5.57 Å². The van der Waals surface area contributed by atoms with Crippen molar-refractivity contribution in [2.45, 2.75) is 20.8 Å². The molecule has 1 aliphatic heterocycles. The zero-order valence-electron chi connectivity index (χ0n) is 17.2. The molecule has 164 valence electrons. The van der Waals surface area contributed by atoms with Crippen LogP contribution in [0.1, 0.15) is 20.8 Å². The van der Waals surface area contributed by atoms with Crippen molar-refractivity contribution in [1.29, 1.82) is 0 Å². The minimum absolute atomic E-state index is 0.0333. The molecular weight excluding hydrogens is 430 g/mol. The maximum absolute atomic E-state index is 12.2. The predicted molar refractivity (Wildman–Crippen MR) is 120 cm³/mol. The van der Waals surface area contributed by atoms with Crippen LogP contribution in [0.25, 0.3) is 0 Å². The van der Waals surface area contributed by atoms with E-state index < -0.39 is 11.9 Å². The van der Waals surface area contributed by atoms with Crippen LogP contribution in [0.5, 0.6) is 0 Å². The quantitative estimate of drug-likeness (QED) is 0.280. The van der Waals surface area contributed by atoms with Gasteiger partial charge in [0.25, 0.3) is 5.95 Å². The summed E-state index contributed by atoms with van der Waals surface area (Å²) in [5, 5.41) is 13.6. The molecule has 1 heterocycles. The fraction of sp³-hybridized carbons (Fsp3) is 0.450. The van der Waals surface area contributed by atoms with Crippen LogP contribution in [0, 0.1) is 0 Å². The van der Waals surface area contributed by atoms with Crippen LogP contribution in [0.3, 0.4) is 0 Å². The first-order valence-electron chi connectivity index (χ1n) is 9.62. The van der Waals surface area contributed by atoms with E-state index in [0.717, 1.165) is 5.69 Å². The fourth-order valence-corrected chi connectivity index (χ4v) is 3.50. The normalized spacial score (nSPS) is 14.7. The molecule has 1 aromatic carbocycles. The summed E-state index contributed by atoms with van der Waals surface area (Å²) in [6.45, 7) is 7.68. The molecule has 0 radical (unpaired) electrons. The molecule has 0 spiro atoms. The van der Waals surface area contributed by atoms with E-state index in [-0.39, 0.29) is 29.7 Å². The number of carbonyl (C=O) groups is 2. The number of rotatable bonds is 7. The number of aliphatic hydroxyl groups is 1. The van der Waals surface area contributed by atoms with Crippen molar-refractivity contribution in [2.75, 3.05) is 49.6 Å². The summed E-state index contributed by atoms with van der Waals surface area (Å²) < 4.78 is 10.0. The van der Waals surface area contributed by atoms with Gasteiger partial charge in [0, 0.05) is 38.8 Å². The molecular formula is C20H26ClN3O5S. The number of benzene rings is 1. The van der Waals surface area contributed by atoms with Gasteiger partial charge in [0.05, 0.1) is 23.9 Å². The largest absolute Gasteiger partial charge is 0.480 e. The number of anilines is 2. The second-order valence-electron chi connectivity index (χ2n) is 6.45. The van der Waals surface area contributed by atoms with Crippen LogP contribution in [-0.4, -0.2) is 66.3 Å². The van der Waals surface area contributed by atoms with Crippen molar-refractivity contribution in [3.63, 3.8) is 0 Å². The van der Waals surface area contributed by atoms with E-state index in [1.54, 1.807) is 43.9 Å². The number of nitrogens with one attached hydrogen (secondary N) is 1. The van der Waals surface area contributed by atoms with Gasteiger partial charge in [-0.3, -0.25) is 4.79 Å². The third-order valence-corrected chi connectivity index (χ3v) is 5.10. The highest BCUT2D eigenvalue weighted by molar-refractivity contribution is 7.81. The van der Waals surface area contributed by atoms with E-state index in [0.29, 0.717) is 36.9 Å². The molecule has 1 aliphatic rings. The van der Waals surface area contributed by atoms with Crippen molar-refractivity contribution in [3.05, 3.63) is 34.7 Å². The standard InChI is InChI=1S/C20H26ClN3O5S/c1-4-28-19(26)17(20(27)29-5-2)18(30)22-14-6-7-15(21)16(12-14)24-10-8-23(9-11-24)13(3)25/h6-7,12,26H,4-5,8-11H2,1-3H3,(H,22,30)/b19-17-. The molecule has 10 heteroatoms. The smallest absolute Gasteiger partial charge is 0.348 e. The summed E-state index contributed by atoms with van der Waals surface area (Å²) in [7, 11) is 0. The Morgan fingerprint density at radius 3 is 2.37 bits per heavy atom. The summed E-state index contributed by atoms with van der Waals surface area (Å²) in [6.07, 6.45) is 0. The van der Waals surface area contributed by atoms with Crippen molar-refractivity contribution < 1.29 is 24.2 Å². The number of aliphatic hydroxyl groups excluding tert-OH is 1. The van der Waals surface area contributed by atoms with Gasteiger partial charge in [-0.05, 0) is 32.0 Å². The summed E-state index contributed by atoms with van der Waals surface area (Å²) in [5.74, 6) is -1.33. The van der Waals surface area contributed by atoms with E-state index in [1.807, 2.05) is 0 Å². The van der Waals surface area contributed by atoms with Gasteiger partial charge in [0.1, 0.15) is 4.99 Å². The summed E-state index contributed by atoms with van der Waals surface area (Å²) in [4.78, 5) is 27.6. The van der Waals surface area contributed by atoms with Gasteiger partial charge in [-0.2, -0.15) is 0 Å². The number of ether oxygens (including phenoxy) is 2. The molecule has 1 aromatic rings. The van der Waals surface area contributed by atoms with Crippen LogP contribution in [-0.2, 0) is 19.1 Å². The number of nitrogens with zero attached hydrogens (tertiary/aromatic N) is 2. The molecule has 0 bridgehead atoms. The monoisotopic (exact) mass is 455 g/mol. The molecule has 8 nitrogen and oxygen atoms in total. The number of carbonyl (C=O) groups excluding carboxylic acids is 2. The Morgan fingerprint density at radius 1 is 1.17 bits per heavy atom. The second kappa shape index (κ2) is 11.0. The number of thiocarbonyl (C=S) groups is 1. The van der Waals surface area contributed by atoms with Gasteiger partial charge in [-0.25, -0.2) is 4.79 Å². The topological polar surface area (TPSA) is 91.3 Å². The molecule has 30 heavy (non-hydrogen) atoms. The highest BCUT2D eigenvalue weighted by Gasteiger charge is 2.24. The lowest BCUT2D eigenvalue weighted by Crippen LogP contribution is -2.48. The molecule has 1 saturated heterocycles. The average Bonchev–Trinajstić information content (AvgIpc) is 2.70. The third-order valence-electron chi connectivity index (χ3n) is 4.47. The van der Waals surface area contributed by atoms with E-state index >= 15 is 0 Å². The molecule has 0 saturated carbocycles. The number of halogens is 1. The highest BCUT2D eigenvalue weighted by atomic mass is 35.5. The van der Waals surface area contributed by atoms with E-state index in [2.05, 4.69) is 10.2 Å². The minimum atomic E-state index is -0.782. The van der Waals surface area contributed by atoms with Crippen molar-refractivity contribution in [3.8, 4) is 0 Å². The first-order valence-corrected chi connectivity index (χ1v) is 10.4. The van der Waals surface area contributed by atoms with Gasteiger partial charge in [-0.1, -0.05) is 23.8 Å². The highest BCUT2D eigenvalue weighted by Crippen LogP contribution is 2.30. The first kappa shape index (κ1) is 23.8. The van der Waals surface area contributed by atoms with Crippen LogP contribution in [0.2, 0.25) is 5.02 Å². The predicted octanol–water partition coefficient (Wildman–Crippen LogP) is 3.12.